The molecule has 0 spiro atoms. The fourth-order valence-electron chi connectivity index (χ4n) is 4.84. The minimum absolute atomic E-state index is 0.0546. The second kappa shape index (κ2) is 8.56. The quantitative estimate of drug-likeness (QED) is 0.783. The van der Waals surface area contributed by atoms with Gasteiger partial charge in [0.1, 0.15) is 0 Å². The van der Waals surface area contributed by atoms with Crippen LogP contribution in [0.25, 0.3) is 0 Å². The van der Waals surface area contributed by atoms with Crippen molar-refractivity contribution < 1.29 is 14.4 Å². The Morgan fingerprint density at radius 2 is 1.45 bits per heavy atom. The lowest BCUT2D eigenvalue weighted by molar-refractivity contribution is -0.143. The van der Waals surface area contributed by atoms with E-state index < -0.39 is 0 Å². The van der Waals surface area contributed by atoms with Gasteiger partial charge in [-0.1, -0.05) is 42.7 Å². The van der Waals surface area contributed by atoms with Crippen LogP contribution in [0.3, 0.4) is 0 Å². The van der Waals surface area contributed by atoms with Crippen molar-refractivity contribution in [1.82, 2.24) is 14.7 Å². The number of hydrogen-bond acceptors (Lipinski definition) is 3. The van der Waals surface area contributed by atoms with E-state index in [1.165, 1.54) is 5.56 Å². The standard InChI is InChI=1S/C23H31N3O3/c1-17-6-8-18(9-7-17)15-26-16-20(14-21(26)27)23(29)25-12-10-24(11-13-25)22(28)19-4-2-3-5-19/h6-9,19-20H,2-5,10-16H2,1H3. The van der Waals surface area contributed by atoms with Crippen molar-refractivity contribution in [3.63, 3.8) is 0 Å². The van der Waals surface area contributed by atoms with Crippen LogP contribution in [0.5, 0.6) is 0 Å². The minimum atomic E-state index is -0.259. The molecule has 4 rings (SSSR count). The third-order valence-corrected chi connectivity index (χ3v) is 6.67. The SMILES string of the molecule is Cc1ccc(CN2CC(C(=O)N3CCN(C(=O)C4CCCC4)CC3)CC2=O)cc1. The van der Waals surface area contributed by atoms with E-state index >= 15 is 0 Å². The van der Waals surface area contributed by atoms with E-state index in [1.54, 1.807) is 4.90 Å². The van der Waals surface area contributed by atoms with Gasteiger partial charge in [-0.3, -0.25) is 14.4 Å². The van der Waals surface area contributed by atoms with E-state index in [2.05, 4.69) is 0 Å². The average Bonchev–Trinajstić information content (AvgIpc) is 3.39. The number of rotatable bonds is 4. The highest BCUT2D eigenvalue weighted by atomic mass is 16.2. The maximum atomic E-state index is 13.0. The lowest BCUT2D eigenvalue weighted by Gasteiger charge is -2.37. The highest BCUT2D eigenvalue weighted by molar-refractivity contribution is 5.89. The molecule has 1 atom stereocenters. The van der Waals surface area contributed by atoms with E-state index in [4.69, 9.17) is 0 Å². The predicted molar refractivity (Wildman–Crippen MR) is 110 cm³/mol. The van der Waals surface area contributed by atoms with Crippen LogP contribution in [0.4, 0.5) is 0 Å². The molecule has 1 unspecified atom stereocenters. The van der Waals surface area contributed by atoms with Crippen molar-refractivity contribution in [2.75, 3.05) is 32.7 Å². The van der Waals surface area contributed by atoms with E-state index in [9.17, 15) is 14.4 Å². The van der Waals surface area contributed by atoms with Gasteiger partial charge in [-0.2, -0.15) is 0 Å². The molecular formula is C23H31N3O3. The summed E-state index contributed by atoms with van der Waals surface area (Å²) in [5, 5.41) is 0. The zero-order valence-electron chi connectivity index (χ0n) is 17.3. The van der Waals surface area contributed by atoms with Crippen molar-refractivity contribution in [3.8, 4) is 0 Å². The molecule has 3 amide bonds. The van der Waals surface area contributed by atoms with Gasteiger partial charge in [0.2, 0.25) is 17.7 Å². The number of amides is 3. The molecule has 6 nitrogen and oxygen atoms in total. The van der Waals surface area contributed by atoms with Gasteiger partial charge in [-0.05, 0) is 25.3 Å². The molecule has 156 valence electrons. The first-order chi connectivity index (χ1) is 14.0. The number of likely N-dealkylation sites (tertiary alicyclic amines) is 1. The molecule has 1 aliphatic carbocycles. The summed E-state index contributed by atoms with van der Waals surface area (Å²) in [5.74, 6) is 0.330. The number of piperazine rings is 1. The zero-order valence-corrected chi connectivity index (χ0v) is 17.3. The van der Waals surface area contributed by atoms with E-state index in [0.29, 0.717) is 45.7 Å². The van der Waals surface area contributed by atoms with Gasteiger partial charge in [-0.25, -0.2) is 0 Å². The van der Waals surface area contributed by atoms with Gasteiger partial charge in [0.15, 0.2) is 0 Å². The Kier molecular flexibility index (Phi) is 5.88. The highest BCUT2D eigenvalue weighted by Crippen LogP contribution is 2.27. The molecule has 1 aromatic carbocycles. The summed E-state index contributed by atoms with van der Waals surface area (Å²) in [4.78, 5) is 43.6. The summed E-state index contributed by atoms with van der Waals surface area (Å²) >= 11 is 0. The Bertz CT molecular complexity index is 762. The molecule has 29 heavy (non-hydrogen) atoms. The normalized spacial score (nSPS) is 23.1. The Balaban J connectivity index is 1.28. The van der Waals surface area contributed by atoms with Crippen LogP contribution in [0.15, 0.2) is 24.3 Å². The number of hydrogen-bond donors (Lipinski definition) is 0. The molecule has 0 N–H and O–H groups in total. The maximum absolute atomic E-state index is 13.0. The third kappa shape index (κ3) is 4.46. The highest BCUT2D eigenvalue weighted by Gasteiger charge is 2.38. The van der Waals surface area contributed by atoms with Gasteiger partial charge in [0.05, 0.1) is 5.92 Å². The molecule has 6 heteroatoms. The lowest BCUT2D eigenvalue weighted by Crippen LogP contribution is -2.53. The lowest BCUT2D eigenvalue weighted by atomic mass is 10.0. The van der Waals surface area contributed by atoms with Crippen LogP contribution in [0, 0.1) is 18.8 Å². The maximum Gasteiger partial charge on any atom is 0.228 e. The number of carbonyl (C=O) groups excluding carboxylic acids is 3. The monoisotopic (exact) mass is 397 g/mol. The minimum Gasteiger partial charge on any atom is -0.339 e. The van der Waals surface area contributed by atoms with Crippen molar-refractivity contribution in [2.45, 2.75) is 45.6 Å². The van der Waals surface area contributed by atoms with Crippen molar-refractivity contribution in [1.29, 1.82) is 0 Å². The number of carbonyl (C=O) groups is 3. The molecule has 2 saturated heterocycles. The number of nitrogens with zero attached hydrogens (tertiary/aromatic N) is 3. The summed E-state index contributed by atoms with van der Waals surface area (Å²) in [6.45, 7) is 5.50. The Morgan fingerprint density at radius 1 is 0.897 bits per heavy atom. The average molecular weight is 398 g/mol. The Labute approximate surface area is 172 Å². The summed E-state index contributed by atoms with van der Waals surface area (Å²) in [7, 11) is 0. The summed E-state index contributed by atoms with van der Waals surface area (Å²) in [6.07, 6.45) is 4.64. The molecular weight excluding hydrogens is 366 g/mol. The van der Waals surface area contributed by atoms with Crippen LogP contribution in [-0.4, -0.2) is 65.1 Å². The molecule has 0 bridgehead atoms. The number of aryl methyl sites for hydroxylation is 1. The number of benzene rings is 1. The molecule has 0 radical (unpaired) electrons. The zero-order chi connectivity index (χ0) is 20.4. The van der Waals surface area contributed by atoms with E-state index in [0.717, 1.165) is 31.2 Å². The molecule has 2 heterocycles. The molecule has 1 saturated carbocycles. The second-order valence-electron chi connectivity index (χ2n) is 8.79. The van der Waals surface area contributed by atoms with Crippen molar-refractivity contribution >= 4 is 17.7 Å². The van der Waals surface area contributed by atoms with Crippen LogP contribution in [0.1, 0.15) is 43.2 Å². The summed E-state index contributed by atoms with van der Waals surface area (Å²) in [5.41, 5.74) is 2.29. The van der Waals surface area contributed by atoms with Gasteiger partial charge in [0.25, 0.3) is 0 Å². The predicted octanol–water partition coefficient (Wildman–Crippen LogP) is 2.20. The van der Waals surface area contributed by atoms with Gasteiger partial charge < -0.3 is 14.7 Å². The first-order valence-corrected chi connectivity index (χ1v) is 10.9. The summed E-state index contributed by atoms with van der Waals surface area (Å²) < 4.78 is 0. The second-order valence-corrected chi connectivity index (χ2v) is 8.79. The van der Waals surface area contributed by atoms with E-state index in [-0.39, 0.29) is 29.6 Å². The summed E-state index contributed by atoms with van der Waals surface area (Å²) in [6, 6.07) is 8.17. The van der Waals surface area contributed by atoms with E-state index in [1.807, 2.05) is 41.0 Å². The van der Waals surface area contributed by atoms with Crippen molar-refractivity contribution in [2.24, 2.45) is 11.8 Å². The Morgan fingerprint density at radius 3 is 2.03 bits per heavy atom. The first kappa shape index (κ1) is 19.9. The van der Waals surface area contributed by atoms with Crippen LogP contribution < -0.4 is 0 Å². The fourth-order valence-corrected chi connectivity index (χ4v) is 4.84. The molecule has 0 aromatic heterocycles. The van der Waals surface area contributed by atoms with Crippen LogP contribution in [0.2, 0.25) is 0 Å². The van der Waals surface area contributed by atoms with Gasteiger partial charge in [-0.15, -0.1) is 0 Å². The molecule has 3 fully saturated rings. The smallest absolute Gasteiger partial charge is 0.228 e. The van der Waals surface area contributed by atoms with Crippen LogP contribution in [-0.2, 0) is 20.9 Å². The topological polar surface area (TPSA) is 60.9 Å². The molecule has 1 aromatic rings. The first-order valence-electron chi connectivity index (χ1n) is 10.9. The molecule has 3 aliphatic rings. The van der Waals surface area contributed by atoms with Crippen molar-refractivity contribution in [3.05, 3.63) is 35.4 Å². The third-order valence-electron chi connectivity index (χ3n) is 6.67. The Hall–Kier alpha value is -2.37. The van der Waals surface area contributed by atoms with Gasteiger partial charge in [0, 0.05) is 51.6 Å². The largest absolute Gasteiger partial charge is 0.339 e. The molecule has 2 aliphatic heterocycles. The fraction of sp³-hybridized carbons (Fsp3) is 0.609. The van der Waals surface area contributed by atoms with Gasteiger partial charge >= 0.3 is 0 Å². The van der Waals surface area contributed by atoms with Crippen LogP contribution >= 0.6 is 0 Å².